The van der Waals surface area contributed by atoms with E-state index in [0.29, 0.717) is 6.04 Å². The number of allylic oxidation sites excluding steroid dienone is 8. The first-order chi connectivity index (χ1) is 18.9. The van der Waals surface area contributed by atoms with Gasteiger partial charge in [-0.05, 0) is 76.8 Å². The first-order valence-corrected chi connectivity index (χ1v) is 14.1. The maximum Gasteiger partial charge on any atom is 0.209 e. The van der Waals surface area contributed by atoms with Gasteiger partial charge in [-0.1, -0.05) is 44.2 Å². The summed E-state index contributed by atoms with van der Waals surface area (Å²) in [6.45, 7) is 12.4. The van der Waals surface area contributed by atoms with Gasteiger partial charge in [-0.25, -0.2) is 0 Å². The SMILES string of the molecule is COc1ccc2c(c1)C(C)(C)C(=CC=CC=CC=CC1=[N+](C)c3ccc(OC)cc3C1(C)C)N2C(C)CN(C)C. The highest BCUT2D eigenvalue weighted by atomic mass is 16.5. The Morgan fingerprint density at radius 2 is 1.45 bits per heavy atom. The molecule has 0 radical (unpaired) electrons. The van der Waals surface area contributed by atoms with E-state index in [2.05, 4.69) is 143 Å². The molecule has 0 aliphatic carbocycles. The monoisotopic (exact) mass is 540 g/mol. The van der Waals surface area contributed by atoms with Crippen molar-refractivity contribution in [2.24, 2.45) is 0 Å². The van der Waals surface area contributed by atoms with E-state index in [9.17, 15) is 0 Å². The summed E-state index contributed by atoms with van der Waals surface area (Å²) in [5.74, 6) is 1.79. The second-order valence-electron chi connectivity index (χ2n) is 12.1. The Kier molecular flexibility index (Phi) is 8.46. The zero-order chi connectivity index (χ0) is 29.2. The van der Waals surface area contributed by atoms with E-state index in [1.54, 1.807) is 14.2 Å². The Hall–Kier alpha value is -3.57. The third kappa shape index (κ3) is 5.40. The molecule has 0 N–H and O–H groups in total. The molecule has 0 amide bonds. The van der Waals surface area contributed by atoms with Crippen molar-refractivity contribution < 1.29 is 14.0 Å². The molecule has 1 atom stereocenters. The summed E-state index contributed by atoms with van der Waals surface area (Å²) in [6.07, 6.45) is 15.1. The fraction of sp³-hybridized carbons (Fsp3) is 0.400. The molecule has 0 aromatic heterocycles. The average Bonchev–Trinajstić information content (AvgIpc) is 3.25. The lowest BCUT2D eigenvalue weighted by Gasteiger charge is -2.33. The molecule has 0 saturated heterocycles. The van der Waals surface area contributed by atoms with Crippen LogP contribution in [0.25, 0.3) is 0 Å². The van der Waals surface area contributed by atoms with Crippen molar-refractivity contribution in [2.45, 2.75) is 51.5 Å². The van der Waals surface area contributed by atoms with E-state index in [1.165, 1.54) is 33.9 Å². The Balaban J connectivity index is 1.54. The molecule has 2 aliphatic rings. The van der Waals surface area contributed by atoms with Gasteiger partial charge in [-0.3, -0.25) is 0 Å². The van der Waals surface area contributed by atoms with Crippen molar-refractivity contribution in [2.75, 3.05) is 46.8 Å². The predicted octanol–water partition coefficient (Wildman–Crippen LogP) is 7.01. The molecule has 2 heterocycles. The first kappa shape index (κ1) is 29.4. The summed E-state index contributed by atoms with van der Waals surface area (Å²) in [5, 5.41) is 0. The van der Waals surface area contributed by atoms with Gasteiger partial charge in [0.15, 0.2) is 5.71 Å². The van der Waals surface area contributed by atoms with Crippen LogP contribution in [0.15, 0.2) is 84.6 Å². The molecule has 212 valence electrons. The van der Waals surface area contributed by atoms with Crippen LogP contribution in [0.5, 0.6) is 11.5 Å². The molecule has 2 aromatic carbocycles. The number of nitrogens with zero attached hydrogens (tertiary/aromatic N) is 3. The summed E-state index contributed by atoms with van der Waals surface area (Å²) in [4.78, 5) is 4.74. The largest absolute Gasteiger partial charge is 0.497 e. The molecular weight excluding hydrogens is 494 g/mol. The Labute approximate surface area is 241 Å². The third-order valence-corrected chi connectivity index (χ3v) is 8.30. The second-order valence-corrected chi connectivity index (χ2v) is 12.1. The average molecular weight is 541 g/mol. The normalized spacial score (nSPS) is 19.5. The minimum absolute atomic E-state index is 0.0956. The van der Waals surface area contributed by atoms with Gasteiger partial charge in [0.25, 0.3) is 0 Å². The van der Waals surface area contributed by atoms with Gasteiger partial charge in [0.2, 0.25) is 5.69 Å². The van der Waals surface area contributed by atoms with E-state index in [4.69, 9.17) is 9.47 Å². The first-order valence-electron chi connectivity index (χ1n) is 14.1. The zero-order valence-corrected chi connectivity index (χ0v) is 25.9. The van der Waals surface area contributed by atoms with Gasteiger partial charge < -0.3 is 19.3 Å². The van der Waals surface area contributed by atoms with Crippen LogP contribution in [-0.4, -0.2) is 63.1 Å². The fourth-order valence-electron chi connectivity index (χ4n) is 6.22. The number of hydrogen-bond acceptors (Lipinski definition) is 4. The third-order valence-electron chi connectivity index (χ3n) is 8.30. The van der Waals surface area contributed by atoms with E-state index < -0.39 is 0 Å². The minimum atomic E-state index is -0.134. The molecule has 1 unspecified atom stereocenters. The molecule has 0 bridgehead atoms. The van der Waals surface area contributed by atoms with Crippen molar-refractivity contribution >= 4 is 17.1 Å². The molecular formula is C35H46N3O2+. The summed E-state index contributed by atoms with van der Waals surface area (Å²) in [5.41, 5.74) is 7.41. The molecule has 2 aromatic rings. The zero-order valence-electron chi connectivity index (χ0n) is 25.9. The number of benzene rings is 2. The lowest BCUT2D eigenvalue weighted by molar-refractivity contribution is -0.401. The van der Waals surface area contributed by atoms with E-state index in [-0.39, 0.29) is 10.8 Å². The molecule has 0 fully saturated rings. The summed E-state index contributed by atoms with van der Waals surface area (Å²) in [7, 11) is 9.85. The predicted molar refractivity (Wildman–Crippen MR) is 169 cm³/mol. The van der Waals surface area contributed by atoms with Crippen molar-refractivity contribution in [3.63, 3.8) is 0 Å². The molecule has 4 rings (SSSR count). The van der Waals surface area contributed by atoms with Crippen LogP contribution < -0.4 is 14.4 Å². The van der Waals surface area contributed by atoms with Crippen LogP contribution in [-0.2, 0) is 10.8 Å². The number of methoxy groups -OCH3 is 2. The Bertz CT molecular complexity index is 1410. The van der Waals surface area contributed by atoms with Gasteiger partial charge in [0.1, 0.15) is 18.5 Å². The fourth-order valence-corrected chi connectivity index (χ4v) is 6.22. The Morgan fingerprint density at radius 3 is 2.10 bits per heavy atom. The van der Waals surface area contributed by atoms with Crippen LogP contribution in [0.1, 0.15) is 45.7 Å². The quantitative estimate of drug-likeness (QED) is 0.253. The lowest BCUT2D eigenvalue weighted by Crippen LogP contribution is -2.40. The maximum absolute atomic E-state index is 5.56. The van der Waals surface area contributed by atoms with Gasteiger partial charge in [-0.2, -0.15) is 4.58 Å². The summed E-state index contributed by atoms with van der Waals surface area (Å²) >= 11 is 0. The Morgan fingerprint density at radius 1 is 0.850 bits per heavy atom. The van der Waals surface area contributed by atoms with E-state index in [1.807, 2.05) is 6.07 Å². The highest BCUT2D eigenvalue weighted by Crippen LogP contribution is 2.50. The van der Waals surface area contributed by atoms with Crippen LogP contribution >= 0.6 is 0 Å². The highest BCUT2D eigenvalue weighted by Gasteiger charge is 2.43. The minimum Gasteiger partial charge on any atom is -0.497 e. The summed E-state index contributed by atoms with van der Waals surface area (Å²) < 4.78 is 13.3. The number of ether oxygens (including phenoxy) is 2. The molecule has 0 spiro atoms. The topological polar surface area (TPSA) is 28.0 Å². The van der Waals surface area contributed by atoms with Gasteiger partial charge in [-0.15, -0.1) is 0 Å². The molecule has 40 heavy (non-hydrogen) atoms. The molecule has 2 aliphatic heterocycles. The van der Waals surface area contributed by atoms with E-state index in [0.717, 1.165) is 18.0 Å². The molecule has 0 saturated carbocycles. The van der Waals surface area contributed by atoms with Gasteiger partial charge in [0.05, 0.1) is 19.6 Å². The number of fused-ring (bicyclic) bond motifs is 2. The van der Waals surface area contributed by atoms with Gasteiger partial charge >= 0.3 is 0 Å². The van der Waals surface area contributed by atoms with Gasteiger partial charge in [0, 0.05) is 47.1 Å². The van der Waals surface area contributed by atoms with Crippen LogP contribution in [0, 0.1) is 0 Å². The number of rotatable bonds is 9. The highest BCUT2D eigenvalue weighted by molar-refractivity contribution is 6.03. The van der Waals surface area contributed by atoms with E-state index >= 15 is 0 Å². The van der Waals surface area contributed by atoms with Crippen LogP contribution in [0.4, 0.5) is 11.4 Å². The smallest absolute Gasteiger partial charge is 0.209 e. The number of anilines is 1. The maximum atomic E-state index is 5.56. The summed E-state index contributed by atoms with van der Waals surface area (Å²) in [6, 6.07) is 13.1. The van der Waals surface area contributed by atoms with Crippen molar-refractivity contribution in [3.8, 4) is 11.5 Å². The standard InChI is InChI=1S/C35H46N3O2/c1-25(24-36(6)7)38-31-21-19-27(40-10)23-29(31)35(4,5)33(38)17-15-13-11-12-14-16-32-34(2,3)28-22-26(39-9)18-20-30(28)37(32)8/h11-23,25H,24H2,1-10H3/q+1. The lowest BCUT2D eigenvalue weighted by atomic mass is 9.81. The molecule has 5 heteroatoms. The number of hydrogen-bond donors (Lipinski definition) is 0. The van der Waals surface area contributed by atoms with Crippen LogP contribution in [0.2, 0.25) is 0 Å². The van der Waals surface area contributed by atoms with Crippen molar-refractivity contribution in [1.29, 1.82) is 0 Å². The van der Waals surface area contributed by atoms with Crippen LogP contribution in [0.3, 0.4) is 0 Å². The van der Waals surface area contributed by atoms with Crippen molar-refractivity contribution in [3.05, 3.63) is 95.8 Å². The second kappa shape index (κ2) is 11.5. The molecule has 5 nitrogen and oxygen atoms in total. The van der Waals surface area contributed by atoms with Crippen molar-refractivity contribution in [1.82, 2.24) is 4.90 Å². The number of likely N-dealkylation sites (N-methyl/N-ethyl adjacent to an activating group) is 1.